The largest absolute Gasteiger partial charge is 0.357 e. The maximum Gasteiger partial charge on any atom is 0.191 e. The van der Waals surface area contributed by atoms with E-state index in [0.717, 1.165) is 24.6 Å². The van der Waals surface area contributed by atoms with Crippen LogP contribution in [0.4, 0.5) is 0 Å². The van der Waals surface area contributed by atoms with E-state index in [-0.39, 0.29) is 0 Å². The SMILES string of the molecule is CCNC(=NCc1ccccn1)NC(C)Cc1ccc(C)s1. The van der Waals surface area contributed by atoms with E-state index in [4.69, 9.17) is 0 Å². The number of hydrogen-bond donors (Lipinski definition) is 2. The van der Waals surface area contributed by atoms with Crippen LogP contribution in [-0.2, 0) is 13.0 Å². The molecule has 0 radical (unpaired) electrons. The minimum absolute atomic E-state index is 0.333. The van der Waals surface area contributed by atoms with Crippen LogP contribution in [-0.4, -0.2) is 23.5 Å². The molecule has 5 heteroatoms. The fourth-order valence-electron chi connectivity index (χ4n) is 2.15. The molecule has 22 heavy (non-hydrogen) atoms. The van der Waals surface area contributed by atoms with Crippen molar-refractivity contribution in [1.82, 2.24) is 15.6 Å². The van der Waals surface area contributed by atoms with Gasteiger partial charge in [-0.05, 0) is 45.0 Å². The molecule has 2 N–H and O–H groups in total. The molecule has 0 aliphatic rings. The van der Waals surface area contributed by atoms with E-state index in [2.05, 4.69) is 53.5 Å². The molecule has 1 atom stereocenters. The van der Waals surface area contributed by atoms with E-state index < -0.39 is 0 Å². The Morgan fingerprint density at radius 1 is 1.32 bits per heavy atom. The Morgan fingerprint density at radius 2 is 2.18 bits per heavy atom. The molecule has 2 rings (SSSR count). The fraction of sp³-hybridized carbons (Fsp3) is 0.412. The first kappa shape index (κ1) is 16.5. The molecule has 2 aromatic rings. The van der Waals surface area contributed by atoms with Crippen molar-refractivity contribution in [1.29, 1.82) is 0 Å². The van der Waals surface area contributed by atoms with Crippen LogP contribution in [0.2, 0.25) is 0 Å². The predicted molar refractivity (Wildman–Crippen MR) is 94.4 cm³/mol. The Hall–Kier alpha value is -1.88. The number of nitrogens with zero attached hydrogens (tertiary/aromatic N) is 2. The van der Waals surface area contributed by atoms with Crippen molar-refractivity contribution in [3.8, 4) is 0 Å². The number of thiophene rings is 1. The van der Waals surface area contributed by atoms with Crippen LogP contribution in [0.15, 0.2) is 41.5 Å². The van der Waals surface area contributed by atoms with Gasteiger partial charge in [-0.25, -0.2) is 4.99 Å². The summed E-state index contributed by atoms with van der Waals surface area (Å²) in [5.74, 6) is 0.842. The van der Waals surface area contributed by atoms with Crippen LogP contribution in [0.5, 0.6) is 0 Å². The summed E-state index contributed by atoms with van der Waals surface area (Å²) in [7, 11) is 0. The van der Waals surface area contributed by atoms with E-state index in [1.54, 1.807) is 6.20 Å². The third kappa shape index (κ3) is 5.48. The van der Waals surface area contributed by atoms with Crippen LogP contribution in [0.3, 0.4) is 0 Å². The smallest absolute Gasteiger partial charge is 0.191 e. The summed E-state index contributed by atoms with van der Waals surface area (Å²) in [4.78, 5) is 11.7. The summed E-state index contributed by atoms with van der Waals surface area (Å²) in [6, 6.07) is 10.6. The molecule has 0 spiro atoms. The van der Waals surface area contributed by atoms with E-state index in [1.807, 2.05) is 29.5 Å². The number of nitrogens with one attached hydrogen (secondary N) is 2. The van der Waals surface area contributed by atoms with Gasteiger partial charge in [0.2, 0.25) is 0 Å². The lowest BCUT2D eigenvalue weighted by atomic mass is 10.2. The molecule has 1 unspecified atom stereocenters. The lowest BCUT2D eigenvalue weighted by molar-refractivity contribution is 0.645. The van der Waals surface area contributed by atoms with Gasteiger partial charge in [0, 0.05) is 35.0 Å². The summed E-state index contributed by atoms with van der Waals surface area (Å²) < 4.78 is 0. The Morgan fingerprint density at radius 3 is 2.82 bits per heavy atom. The minimum atomic E-state index is 0.333. The molecule has 2 heterocycles. The normalized spacial score (nSPS) is 13.0. The number of aromatic nitrogens is 1. The zero-order valence-electron chi connectivity index (χ0n) is 13.5. The molecule has 0 aliphatic carbocycles. The second kappa shape index (κ2) is 8.54. The molecule has 0 aliphatic heterocycles. The molecule has 0 fully saturated rings. The number of rotatable bonds is 6. The molecule has 0 amide bonds. The van der Waals surface area contributed by atoms with Gasteiger partial charge in [0.15, 0.2) is 5.96 Å². The second-order valence-electron chi connectivity index (χ2n) is 5.28. The van der Waals surface area contributed by atoms with Crippen molar-refractivity contribution in [2.75, 3.05) is 6.54 Å². The Labute approximate surface area is 136 Å². The van der Waals surface area contributed by atoms with Gasteiger partial charge < -0.3 is 10.6 Å². The van der Waals surface area contributed by atoms with Gasteiger partial charge in [0.05, 0.1) is 12.2 Å². The van der Waals surface area contributed by atoms with Gasteiger partial charge in [0.1, 0.15) is 0 Å². The molecular weight excluding hydrogens is 292 g/mol. The van der Waals surface area contributed by atoms with Gasteiger partial charge in [-0.3, -0.25) is 4.98 Å². The monoisotopic (exact) mass is 316 g/mol. The van der Waals surface area contributed by atoms with Crippen LogP contribution in [0.1, 0.15) is 29.3 Å². The first-order valence-electron chi connectivity index (χ1n) is 7.67. The third-order valence-electron chi connectivity index (χ3n) is 3.16. The summed E-state index contributed by atoms with van der Waals surface area (Å²) in [5, 5.41) is 6.75. The van der Waals surface area contributed by atoms with Crippen molar-refractivity contribution in [2.45, 2.75) is 39.8 Å². The highest BCUT2D eigenvalue weighted by atomic mass is 32.1. The first-order chi connectivity index (χ1) is 10.7. The zero-order valence-corrected chi connectivity index (χ0v) is 14.3. The number of hydrogen-bond acceptors (Lipinski definition) is 3. The lowest BCUT2D eigenvalue weighted by Gasteiger charge is -2.17. The second-order valence-corrected chi connectivity index (χ2v) is 6.65. The molecule has 0 bridgehead atoms. The summed E-state index contributed by atoms with van der Waals surface area (Å²) in [6.45, 7) is 7.83. The highest BCUT2D eigenvalue weighted by Gasteiger charge is 2.07. The van der Waals surface area contributed by atoms with E-state index in [0.29, 0.717) is 12.6 Å². The van der Waals surface area contributed by atoms with Crippen molar-refractivity contribution >= 4 is 17.3 Å². The molecule has 0 saturated carbocycles. The quantitative estimate of drug-likeness (QED) is 0.636. The molecule has 118 valence electrons. The highest BCUT2D eigenvalue weighted by molar-refractivity contribution is 7.11. The predicted octanol–water partition coefficient (Wildman–Crippen LogP) is 3.14. The molecule has 2 aromatic heterocycles. The minimum Gasteiger partial charge on any atom is -0.357 e. The van der Waals surface area contributed by atoms with Gasteiger partial charge >= 0.3 is 0 Å². The van der Waals surface area contributed by atoms with E-state index in [1.165, 1.54) is 9.75 Å². The maximum atomic E-state index is 4.61. The van der Waals surface area contributed by atoms with Crippen molar-refractivity contribution in [3.63, 3.8) is 0 Å². The fourth-order valence-corrected chi connectivity index (χ4v) is 3.17. The number of aliphatic imine (C=N–C) groups is 1. The molecule has 4 nitrogen and oxygen atoms in total. The molecule has 0 aromatic carbocycles. The van der Waals surface area contributed by atoms with Gasteiger partial charge in [-0.1, -0.05) is 6.07 Å². The third-order valence-corrected chi connectivity index (χ3v) is 4.18. The summed E-state index contributed by atoms with van der Waals surface area (Å²) >= 11 is 1.86. The highest BCUT2D eigenvalue weighted by Crippen LogP contribution is 2.16. The number of guanidine groups is 1. The van der Waals surface area contributed by atoms with E-state index >= 15 is 0 Å². The average Bonchev–Trinajstić information content (AvgIpc) is 2.91. The summed E-state index contributed by atoms with van der Waals surface area (Å²) in [5.41, 5.74) is 0.973. The van der Waals surface area contributed by atoms with Crippen LogP contribution < -0.4 is 10.6 Å². The van der Waals surface area contributed by atoms with Gasteiger partial charge in [0.25, 0.3) is 0 Å². The van der Waals surface area contributed by atoms with Gasteiger partial charge in [-0.15, -0.1) is 11.3 Å². The van der Waals surface area contributed by atoms with Crippen molar-refractivity contribution in [3.05, 3.63) is 52.0 Å². The maximum absolute atomic E-state index is 4.61. The summed E-state index contributed by atoms with van der Waals surface area (Å²) in [6.07, 6.45) is 2.81. The Bertz CT molecular complexity index is 592. The van der Waals surface area contributed by atoms with E-state index in [9.17, 15) is 0 Å². The van der Waals surface area contributed by atoms with Crippen molar-refractivity contribution in [2.24, 2.45) is 4.99 Å². The van der Waals surface area contributed by atoms with Crippen LogP contribution in [0, 0.1) is 6.92 Å². The Kier molecular flexibility index (Phi) is 6.40. The number of pyridine rings is 1. The topological polar surface area (TPSA) is 49.3 Å². The standard InChI is InChI=1S/C17H24N4S/c1-4-18-17(20-12-15-7-5-6-10-19-15)21-13(2)11-16-9-8-14(3)22-16/h5-10,13H,4,11-12H2,1-3H3,(H2,18,20,21). The molecule has 0 saturated heterocycles. The van der Waals surface area contributed by atoms with Crippen LogP contribution >= 0.6 is 11.3 Å². The lowest BCUT2D eigenvalue weighted by Crippen LogP contribution is -2.43. The van der Waals surface area contributed by atoms with Crippen molar-refractivity contribution < 1.29 is 0 Å². The Balaban J connectivity index is 1.92. The van der Waals surface area contributed by atoms with Crippen LogP contribution in [0.25, 0.3) is 0 Å². The van der Waals surface area contributed by atoms with Gasteiger partial charge in [-0.2, -0.15) is 0 Å². The molecular formula is C17H24N4S. The number of aryl methyl sites for hydroxylation is 1. The average molecular weight is 316 g/mol. The first-order valence-corrected chi connectivity index (χ1v) is 8.49. The zero-order chi connectivity index (χ0) is 15.8.